The number of nitrogens with one attached hydrogen (secondary N) is 2. The second-order valence-corrected chi connectivity index (χ2v) is 10.8. The molecule has 0 saturated carbocycles. The van der Waals surface area contributed by atoms with Crippen molar-refractivity contribution in [1.82, 2.24) is 19.8 Å². The van der Waals surface area contributed by atoms with Crippen LogP contribution in [0.15, 0.2) is 49.2 Å². The largest absolute Gasteiger partial charge is 0.408 e. The Morgan fingerprint density at radius 3 is 2.51 bits per heavy atom. The van der Waals surface area contributed by atoms with Gasteiger partial charge in [0.2, 0.25) is 5.95 Å². The predicted octanol–water partition coefficient (Wildman–Crippen LogP) is 5.36. The number of fused-ring (bicyclic) bond motifs is 1. The topological polar surface area (TPSA) is 99.4 Å². The highest BCUT2D eigenvalue weighted by Crippen LogP contribution is 2.37. The summed E-state index contributed by atoms with van der Waals surface area (Å²) >= 11 is 0. The van der Waals surface area contributed by atoms with E-state index in [-0.39, 0.29) is 30.3 Å². The van der Waals surface area contributed by atoms with Crippen LogP contribution in [0.3, 0.4) is 0 Å². The Hall–Kier alpha value is -4.12. The molecule has 41 heavy (non-hydrogen) atoms. The van der Waals surface area contributed by atoms with Crippen molar-refractivity contribution in [2.45, 2.75) is 58.0 Å². The van der Waals surface area contributed by atoms with Gasteiger partial charge in [-0.3, -0.25) is 9.69 Å². The minimum atomic E-state index is -4.57. The molecule has 0 radical (unpaired) electrons. The Morgan fingerprint density at radius 2 is 1.85 bits per heavy atom. The molecular formula is C30H34F3N7O. The summed E-state index contributed by atoms with van der Waals surface area (Å²) in [6.07, 6.45) is -2.63. The molecule has 2 aliphatic rings. The van der Waals surface area contributed by atoms with E-state index < -0.39 is 18.1 Å². The van der Waals surface area contributed by atoms with E-state index in [4.69, 9.17) is 5.73 Å². The third kappa shape index (κ3) is 6.00. The third-order valence-corrected chi connectivity index (χ3v) is 7.77. The Labute approximate surface area is 237 Å². The summed E-state index contributed by atoms with van der Waals surface area (Å²) in [7, 11) is 1.69. The Kier molecular flexibility index (Phi) is 7.65. The molecule has 1 saturated heterocycles. The summed E-state index contributed by atoms with van der Waals surface area (Å²) in [6.45, 7) is 8.63. The number of piperidine rings is 1. The van der Waals surface area contributed by atoms with Gasteiger partial charge in [0.15, 0.2) is 0 Å². The van der Waals surface area contributed by atoms with Gasteiger partial charge in [0.25, 0.3) is 5.91 Å². The predicted molar refractivity (Wildman–Crippen MR) is 154 cm³/mol. The average molecular weight is 566 g/mol. The van der Waals surface area contributed by atoms with E-state index >= 15 is 0 Å². The molecule has 1 fully saturated rings. The number of nitrogens with two attached hydrogens (primary N) is 1. The molecule has 3 heterocycles. The highest BCUT2D eigenvalue weighted by atomic mass is 19.4. The molecule has 2 unspecified atom stereocenters. The van der Waals surface area contributed by atoms with Crippen molar-refractivity contribution in [2.24, 2.45) is 5.73 Å². The first-order chi connectivity index (χ1) is 19.4. The van der Waals surface area contributed by atoms with Crippen LogP contribution in [0.25, 0.3) is 5.70 Å². The molecule has 216 valence electrons. The van der Waals surface area contributed by atoms with Crippen LogP contribution in [0.2, 0.25) is 0 Å². The Morgan fingerprint density at radius 1 is 1.12 bits per heavy atom. The van der Waals surface area contributed by atoms with E-state index in [1.807, 2.05) is 30.9 Å². The molecule has 1 aromatic heterocycles. The summed E-state index contributed by atoms with van der Waals surface area (Å²) in [4.78, 5) is 25.4. The fourth-order valence-electron chi connectivity index (χ4n) is 5.83. The van der Waals surface area contributed by atoms with Crippen molar-refractivity contribution >= 4 is 28.9 Å². The van der Waals surface area contributed by atoms with Crippen molar-refractivity contribution in [3.63, 3.8) is 0 Å². The van der Waals surface area contributed by atoms with Crippen molar-refractivity contribution in [3.05, 3.63) is 82.7 Å². The van der Waals surface area contributed by atoms with E-state index in [1.54, 1.807) is 19.3 Å². The van der Waals surface area contributed by atoms with Crippen LogP contribution in [-0.2, 0) is 13.1 Å². The van der Waals surface area contributed by atoms with Crippen molar-refractivity contribution in [2.75, 3.05) is 24.2 Å². The van der Waals surface area contributed by atoms with Crippen LogP contribution in [0.5, 0.6) is 0 Å². The van der Waals surface area contributed by atoms with E-state index in [9.17, 15) is 18.0 Å². The molecule has 2 aliphatic heterocycles. The zero-order valence-corrected chi connectivity index (χ0v) is 23.3. The van der Waals surface area contributed by atoms with Crippen LogP contribution >= 0.6 is 0 Å². The highest BCUT2D eigenvalue weighted by Gasteiger charge is 2.50. The number of aromatic nitrogens is 2. The summed E-state index contributed by atoms with van der Waals surface area (Å²) in [5, 5.41) is 6.19. The number of aryl methyl sites for hydroxylation is 2. The molecule has 3 aromatic rings. The van der Waals surface area contributed by atoms with Gasteiger partial charge in [-0.25, -0.2) is 9.97 Å². The normalized spacial score (nSPS) is 19.1. The zero-order valence-electron chi connectivity index (χ0n) is 23.3. The number of rotatable bonds is 6. The highest BCUT2D eigenvalue weighted by molar-refractivity contribution is 5.96. The Bertz CT molecular complexity index is 1470. The first kappa shape index (κ1) is 28.4. The molecule has 8 nitrogen and oxygen atoms in total. The number of anilines is 3. The second kappa shape index (κ2) is 11.0. The van der Waals surface area contributed by atoms with Crippen molar-refractivity contribution < 1.29 is 18.0 Å². The van der Waals surface area contributed by atoms with E-state index in [0.717, 1.165) is 33.0 Å². The first-order valence-electron chi connectivity index (χ1n) is 13.5. The van der Waals surface area contributed by atoms with Gasteiger partial charge in [0.05, 0.1) is 5.69 Å². The summed E-state index contributed by atoms with van der Waals surface area (Å²) in [5.41, 5.74) is 12.2. The second-order valence-electron chi connectivity index (χ2n) is 10.8. The first-order valence-corrected chi connectivity index (χ1v) is 13.5. The molecule has 2 atom stereocenters. The number of carbonyl (C=O) groups excluding carboxylic acids is 1. The number of nitrogens with zero attached hydrogens (tertiary/aromatic N) is 4. The van der Waals surface area contributed by atoms with Crippen molar-refractivity contribution in [3.8, 4) is 0 Å². The van der Waals surface area contributed by atoms with Gasteiger partial charge in [0, 0.05) is 72.7 Å². The number of hydrogen-bond donors (Lipinski definition) is 3. The van der Waals surface area contributed by atoms with Gasteiger partial charge < -0.3 is 21.3 Å². The maximum absolute atomic E-state index is 14.3. The molecule has 4 N–H and O–H groups in total. The van der Waals surface area contributed by atoms with Gasteiger partial charge in [-0.2, -0.15) is 13.2 Å². The quantitative estimate of drug-likeness (QED) is 0.370. The lowest BCUT2D eigenvalue weighted by Crippen LogP contribution is -2.56. The molecule has 0 aliphatic carbocycles. The number of hydrogen-bond acceptors (Lipinski definition) is 7. The molecule has 1 amide bonds. The smallest absolute Gasteiger partial charge is 0.399 e. The summed E-state index contributed by atoms with van der Waals surface area (Å²) in [5.74, 6) is -0.221. The van der Waals surface area contributed by atoms with E-state index in [1.165, 1.54) is 12.1 Å². The third-order valence-electron chi connectivity index (χ3n) is 7.77. The summed E-state index contributed by atoms with van der Waals surface area (Å²) < 4.78 is 43.0. The molecule has 0 spiro atoms. The van der Waals surface area contributed by atoms with Crippen LogP contribution in [0.1, 0.15) is 51.1 Å². The van der Waals surface area contributed by atoms with Crippen LogP contribution in [0.4, 0.5) is 30.5 Å². The van der Waals surface area contributed by atoms with Gasteiger partial charge in [-0.1, -0.05) is 12.6 Å². The minimum Gasteiger partial charge on any atom is -0.399 e. The standard InChI is InChI=1S/C30H34F3N7O/c1-17-9-18(2)11-22(10-17)37-29-36-14-21-15-39(16-26(21)38-29)23-7-8-40(27(13-23)30(31,32)33)28(41)20-5-6-25(35-4)24(12-20)19(3)34/h5-6,9-12,14,23,27,35H,3,7-8,13,15-16,34H2,1-2,4H3,(H,36,37,38). The lowest BCUT2D eigenvalue weighted by molar-refractivity contribution is -0.188. The average Bonchev–Trinajstić information content (AvgIpc) is 3.34. The fraction of sp³-hybridized carbons (Fsp3) is 0.367. The number of halogens is 3. The number of alkyl halides is 3. The maximum atomic E-state index is 14.3. The van der Waals surface area contributed by atoms with Gasteiger partial charge >= 0.3 is 6.18 Å². The lowest BCUT2D eigenvalue weighted by Gasteiger charge is -2.43. The lowest BCUT2D eigenvalue weighted by atomic mass is 9.94. The SMILES string of the molecule is C=C(N)c1cc(C(=O)N2CCC(N3Cc4cnc(Nc5cc(C)cc(C)c5)nc4C3)CC2C(F)(F)F)ccc1NC. The molecular weight excluding hydrogens is 531 g/mol. The molecule has 2 aromatic carbocycles. The van der Waals surface area contributed by atoms with Gasteiger partial charge in [-0.05, 0) is 68.1 Å². The minimum absolute atomic E-state index is 0.0155. The molecule has 5 rings (SSSR count). The number of likely N-dealkylation sites (tertiary alicyclic amines) is 1. The van der Waals surface area contributed by atoms with Crippen LogP contribution in [-0.4, -0.2) is 57.5 Å². The monoisotopic (exact) mass is 565 g/mol. The van der Waals surface area contributed by atoms with Crippen molar-refractivity contribution in [1.29, 1.82) is 0 Å². The molecule has 11 heteroatoms. The number of carbonyl (C=O) groups is 1. The van der Waals surface area contributed by atoms with Crippen LogP contribution < -0.4 is 16.4 Å². The number of benzene rings is 2. The van der Waals surface area contributed by atoms with E-state index in [2.05, 4.69) is 33.2 Å². The molecule has 0 bridgehead atoms. The van der Waals surface area contributed by atoms with Gasteiger partial charge in [0.1, 0.15) is 6.04 Å². The summed E-state index contributed by atoms with van der Waals surface area (Å²) in [6, 6.07) is 8.46. The zero-order chi connectivity index (χ0) is 29.5. The number of amides is 1. The van der Waals surface area contributed by atoms with Gasteiger partial charge in [-0.15, -0.1) is 0 Å². The maximum Gasteiger partial charge on any atom is 0.408 e. The Balaban J connectivity index is 1.31. The fourth-order valence-corrected chi connectivity index (χ4v) is 5.83. The van der Waals surface area contributed by atoms with Crippen LogP contribution in [0, 0.1) is 13.8 Å². The van der Waals surface area contributed by atoms with E-state index in [0.29, 0.717) is 36.7 Å².